The van der Waals surface area contributed by atoms with Gasteiger partial charge in [0, 0.05) is 0 Å². The zero-order valence-corrected chi connectivity index (χ0v) is 8.18. The zero-order chi connectivity index (χ0) is 11.7. The molecule has 0 spiro atoms. The van der Waals surface area contributed by atoms with Crippen molar-refractivity contribution in [2.45, 2.75) is 0 Å². The van der Waals surface area contributed by atoms with Crippen LogP contribution in [0.25, 0.3) is 10.8 Å². The van der Waals surface area contributed by atoms with Gasteiger partial charge in [0.05, 0.1) is 11.1 Å². The fourth-order valence-electron chi connectivity index (χ4n) is 1.60. The van der Waals surface area contributed by atoms with Crippen LogP contribution in [0.2, 0.25) is 0 Å². The van der Waals surface area contributed by atoms with Gasteiger partial charge in [0.1, 0.15) is 0 Å². The summed E-state index contributed by atoms with van der Waals surface area (Å²) >= 11 is 0. The van der Waals surface area contributed by atoms with Crippen LogP contribution in [0.3, 0.4) is 0 Å². The normalized spacial score (nSPS) is 9.65. The summed E-state index contributed by atoms with van der Waals surface area (Å²) in [6.07, 6.45) is 0. The summed E-state index contributed by atoms with van der Waals surface area (Å²) in [7, 11) is 0. The predicted octanol–water partition coefficient (Wildman–Crippen LogP) is 1.59. The molecular formula is C12H9LiO4. The molecule has 2 aromatic rings. The molecule has 0 amide bonds. The molecule has 0 heterocycles. The molecule has 0 atom stereocenters. The topological polar surface area (TPSA) is 74.6 Å². The van der Waals surface area contributed by atoms with E-state index in [2.05, 4.69) is 0 Å². The summed E-state index contributed by atoms with van der Waals surface area (Å²) in [6, 6.07) is 9.15. The van der Waals surface area contributed by atoms with Gasteiger partial charge in [0.2, 0.25) is 0 Å². The van der Waals surface area contributed by atoms with Gasteiger partial charge in [-0.3, -0.25) is 0 Å². The molecule has 0 aliphatic carbocycles. The van der Waals surface area contributed by atoms with Crippen molar-refractivity contribution in [2.75, 3.05) is 0 Å². The molecule has 0 saturated carbocycles. The van der Waals surface area contributed by atoms with Gasteiger partial charge >= 0.3 is 30.8 Å². The first-order valence-electron chi connectivity index (χ1n) is 4.59. The summed E-state index contributed by atoms with van der Waals surface area (Å²) in [5, 5.41) is 18.9. The SMILES string of the molecule is O=C(O)c1ccc2c(C(=O)O)cccc2c1.[LiH]. The molecule has 0 fully saturated rings. The van der Waals surface area contributed by atoms with Crippen LogP contribution in [0.5, 0.6) is 0 Å². The van der Waals surface area contributed by atoms with Gasteiger partial charge in [-0.1, -0.05) is 18.2 Å². The van der Waals surface area contributed by atoms with E-state index in [4.69, 9.17) is 10.2 Å². The average Bonchev–Trinajstić information content (AvgIpc) is 2.27. The number of fused-ring (bicyclic) bond motifs is 1. The second-order valence-electron chi connectivity index (χ2n) is 3.35. The molecule has 0 bridgehead atoms. The van der Waals surface area contributed by atoms with Crippen LogP contribution < -0.4 is 0 Å². The Morgan fingerprint density at radius 2 is 1.65 bits per heavy atom. The van der Waals surface area contributed by atoms with E-state index in [1.54, 1.807) is 12.1 Å². The van der Waals surface area contributed by atoms with Crippen LogP contribution in [0, 0.1) is 0 Å². The standard InChI is InChI=1S/C12H8O4.Li.H/c13-11(14)8-4-5-9-7(6-8)2-1-3-10(9)12(15)16;;/h1-6H,(H,13,14)(H,15,16);;. The van der Waals surface area contributed by atoms with Crippen molar-refractivity contribution in [1.82, 2.24) is 0 Å². The van der Waals surface area contributed by atoms with Gasteiger partial charge in [0.15, 0.2) is 0 Å². The van der Waals surface area contributed by atoms with Gasteiger partial charge in [-0.05, 0) is 29.0 Å². The monoisotopic (exact) mass is 224 g/mol. The molecule has 5 heteroatoms. The number of aromatic carboxylic acids is 2. The Morgan fingerprint density at radius 3 is 2.24 bits per heavy atom. The van der Waals surface area contributed by atoms with Crippen LogP contribution in [0.4, 0.5) is 0 Å². The second kappa shape index (κ2) is 5.05. The summed E-state index contributed by atoms with van der Waals surface area (Å²) < 4.78 is 0. The number of hydrogen-bond acceptors (Lipinski definition) is 2. The maximum absolute atomic E-state index is 10.9. The van der Waals surface area contributed by atoms with Crippen molar-refractivity contribution in [2.24, 2.45) is 0 Å². The van der Waals surface area contributed by atoms with Crippen LogP contribution in [0.1, 0.15) is 20.7 Å². The Kier molecular flexibility index (Phi) is 3.95. The van der Waals surface area contributed by atoms with Gasteiger partial charge in [0.25, 0.3) is 0 Å². The van der Waals surface area contributed by atoms with Crippen molar-refractivity contribution in [3.8, 4) is 0 Å². The molecule has 17 heavy (non-hydrogen) atoms. The molecule has 2 aromatic carbocycles. The van der Waals surface area contributed by atoms with Crippen molar-refractivity contribution in [1.29, 1.82) is 0 Å². The van der Waals surface area contributed by atoms with E-state index in [1.165, 1.54) is 24.3 Å². The zero-order valence-electron chi connectivity index (χ0n) is 8.18. The van der Waals surface area contributed by atoms with E-state index in [9.17, 15) is 9.59 Å². The molecule has 0 saturated heterocycles. The average molecular weight is 224 g/mol. The first-order valence-corrected chi connectivity index (χ1v) is 4.59. The van der Waals surface area contributed by atoms with Crippen LogP contribution in [0.15, 0.2) is 36.4 Å². The number of hydrogen-bond donors (Lipinski definition) is 2. The van der Waals surface area contributed by atoms with Crippen molar-refractivity contribution in [3.05, 3.63) is 47.5 Å². The second-order valence-corrected chi connectivity index (χ2v) is 3.35. The molecule has 0 radical (unpaired) electrons. The van der Waals surface area contributed by atoms with Gasteiger partial charge in [-0.25, -0.2) is 9.59 Å². The van der Waals surface area contributed by atoms with Crippen molar-refractivity contribution < 1.29 is 19.8 Å². The predicted molar refractivity (Wildman–Crippen MR) is 65.0 cm³/mol. The molecule has 0 aliphatic rings. The first kappa shape index (κ1) is 13.3. The van der Waals surface area contributed by atoms with Crippen LogP contribution in [-0.2, 0) is 0 Å². The minimum absolute atomic E-state index is 0. The van der Waals surface area contributed by atoms with E-state index in [0.717, 1.165) is 0 Å². The molecular weight excluding hydrogens is 215 g/mol. The minimum atomic E-state index is -1.03. The number of benzene rings is 2. The third-order valence-corrected chi connectivity index (χ3v) is 2.36. The molecule has 0 aliphatic heterocycles. The molecule has 2 rings (SSSR count). The molecule has 82 valence electrons. The molecule has 0 unspecified atom stereocenters. The van der Waals surface area contributed by atoms with Crippen molar-refractivity contribution >= 4 is 41.6 Å². The van der Waals surface area contributed by atoms with E-state index in [1.807, 2.05) is 0 Å². The van der Waals surface area contributed by atoms with Gasteiger partial charge < -0.3 is 10.2 Å². The van der Waals surface area contributed by atoms with E-state index < -0.39 is 11.9 Å². The number of carboxylic acids is 2. The summed E-state index contributed by atoms with van der Waals surface area (Å²) in [5.41, 5.74) is 0.324. The number of carboxylic acid groups (broad SMARTS) is 2. The van der Waals surface area contributed by atoms with E-state index >= 15 is 0 Å². The Bertz CT molecular complexity index is 592. The molecule has 0 aromatic heterocycles. The Morgan fingerprint density at radius 1 is 0.941 bits per heavy atom. The quantitative estimate of drug-likeness (QED) is 0.759. The number of rotatable bonds is 2. The van der Waals surface area contributed by atoms with Gasteiger partial charge in [-0.15, -0.1) is 0 Å². The van der Waals surface area contributed by atoms with E-state index in [0.29, 0.717) is 10.8 Å². The fraction of sp³-hybridized carbons (Fsp3) is 0. The molecule has 2 N–H and O–H groups in total. The van der Waals surface area contributed by atoms with Crippen molar-refractivity contribution in [3.63, 3.8) is 0 Å². The summed E-state index contributed by atoms with van der Waals surface area (Å²) in [4.78, 5) is 21.7. The maximum atomic E-state index is 10.9. The Labute approximate surface area is 109 Å². The Balaban J connectivity index is 0.00000144. The summed E-state index contributed by atoms with van der Waals surface area (Å²) in [5.74, 6) is -2.05. The summed E-state index contributed by atoms with van der Waals surface area (Å²) in [6.45, 7) is 0. The third kappa shape index (κ3) is 2.49. The molecule has 4 nitrogen and oxygen atoms in total. The van der Waals surface area contributed by atoms with Crippen LogP contribution >= 0.6 is 0 Å². The third-order valence-electron chi connectivity index (χ3n) is 2.36. The Hall–Kier alpha value is -1.76. The van der Waals surface area contributed by atoms with Crippen LogP contribution in [-0.4, -0.2) is 41.0 Å². The first-order chi connectivity index (χ1) is 7.59. The van der Waals surface area contributed by atoms with E-state index in [-0.39, 0.29) is 30.0 Å². The number of carbonyl (C=O) groups is 2. The van der Waals surface area contributed by atoms with Gasteiger partial charge in [-0.2, -0.15) is 0 Å². The fourth-order valence-corrected chi connectivity index (χ4v) is 1.60.